The van der Waals surface area contributed by atoms with Gasteiger partial charge in [-0.2, -0.15) is 0 Å². The van der Waals surface area contributed by atoms with E-state index in [9.17, 15) is 0 Å². The maximum atomic E-state index is 5.78. The number of methoxy groups -OCH3 is 1. The van der Waals surface area contributed by atoms with Crippen LogP contribution in [-0.2, 0) is 6.42 Å². The first-order valence-corrected chi connectivity index (χ1v) is 10.7. The lowest BCUT2D eigenvalue weighted by Crippen LogP contribution is -1.97. The fraction of sp³-hybridized carbons (Fsp3) is 0.143. The van der Waals surface area contributed by atoms with E-state index >= 15 is 0 Å². The van der Waals surface area contributed by atoms with Gasteiger partial charge in [-0.15, -0.1) is 0 Å². The molecule has 4 rings (SSSR count). The van der Waals surface area contributed by atoms with Crippen LogP contribution in [0, 0.1) is 0 Å². The molecule has 0 fully saturated rings. The van der Waals surface area contributed by atoms with E-state index in [2.05, 4.69) is 78.2 Å². The maximum absolute atomic E-state index is 5.78. The van der Waals surface area contributed by atoms with Crippen molar-refractivity contribution in [1.29, 1.82) is 0 Å². The Morgan fingerprint density at radius 2 is 1.16 bits per heavy atom. The van der Waals surface area contributed by atoms with E-state index in [0.29, 0.717) is 0 Å². The maximum Gasteiger partial charge on any atom is 0.128 e. The molecule has 3 heteroatoms. The van der Waals surface area contributed by atoms with Gasteiger partial charge < -0.3 is 15.4 Å². The standard InChI is InChI=1S/C28H28N2O/c1-3-10-21-19-24(29-22-11-6-4-7-12-22)15-17-26(21)27-18-16-25(20-28(27)31-2)30-23-13-8-5-9-14-23/h4-9,11-20,29-30H,3,10H2,1-2H3. The summed E-state index contributed by atoms with van der Waals surface area (Å²) >= 11 is 0. The molecule has 0 spiro atoms. The summed E-state index contributed by atoms with van der Waals surface area (Å²) in [7, 11) is 1.73. The zero-order chi connectivity index (χ0) is 21.5. The summed E-state index contributed by atoms with van der Waals surface area (Å²) in [4.78, 5) is 0. The number of benzene rings is 4. The van der Waals surface area contributed by atoms with E-state index in [-0.39, 0.29) is 0 Å². The summed E-state index contributed by atoms with van der Waals surface area (Å²) in [5.41, 5.74) is 7.88. The van der Waals surface area contributed by atoms with Crippen LogP contribution in [-0.4, -0.2) is 7.11 Å². The van der Waals surface area contributed by atoms with Crippen molar-refractivity contribution in [2.24, 2.45) is 0 Å². The third-order valence-electron chi connectivity index (χ3n) is 5.24. The van der Waals surface area contributed by atoms with E-state index < -0.39 is 0 Å². The van der Waals surface area contributed by atoms with Crippen molar-refractivity contribution in [3.8, 4) is 16.9 Å². The average Bonchev–Trinajstić information content (AvgIpc) is 2.81. The van der Waals surface area contributed by atoms with Crippen molar-refractivity contribution in [2.75, 3.05) is 17.7 Å². The predicted molar refractivity (Wildman–Crippen MR) is 132 cm³/mol. The Morgan fingerprint density at radius 1 is 0.613 bits per heavy atom. The highest BCUT2D eigenvalue weighted by Gasteiger charge is 2.12. The number of aryl methyl sites for hydroxylation is 1. The first-order chi connectivity index (χ1) is 15.3. The van der Waals surface area contributed by atoms with Gasteiger partial charge >= 0.3 is 0 Å². The highest BCUT2D eigenvalue weighted by Crippen LogP contribution is 2.37. The second kappa shape index (κ2) is 9.86. The summed E-state index contributed by atoms with van der Waals surface area (Å²) in [6.45, 7) is 2.21. The fourth-order valence-corrected chi connectivity index (χ4v) is 3.78. The normalized spacial score (nSPS) is 10.5. The summed E-state index contributed by atoms with van der Waals surface area (Å²) < 4.78 is 5.78. The van der Waals surface area contributed by atoms with Crippen molar-refractivity contribution in [2.45, 2.75) is 19.8 Å². The Morgan fingerprint density at radius 3 is 1.71 bits per heavy atom. The number of anilines is 4. The Hall–Kier alpha value is -3.72. The van der Waals surface area contributed by atoms with Gasteiger partial charge in [0.2, 0.25) is 0 Å². The van der Waals surface area contributed by atoms with Crippen LogP contribution in [0.5, 0.6) is 5.75 Å². The molecule has 4 aromatic carbocycles. The molecule has 0 bridgehead atoms. The van der Waals surface area contributed by atoms with Crippen molar-refractivity contribution >= 4 is 22.7 Å². The largest absolute Gasteiger partial charge is 0.496 e. The first kappa shape index (κ1) is 20.5. The number of rotatable bonds is 8. The summed E-state index contributed by atoms with van der Waals surface area (Å²) in [5.74, 6) is 0.863. The van der Waals surface area contributed by atoms with Crippen molar-refractivity contribution in [3.05, 3.63) is 103 Å². The van der Waals surface area contributed by atoms with Gasteiger partial charge in [-0.3, -0.25) is 0 Å². The van der Waals surface area contributed by atoms with Crippen LogP contribution >= 0.6 is 0 Å². The Labute approximate surface area is 184 Å². The van der Waals surface area contributed by atoms with E-state index in [0.717, 1.165) is 46.9 Å². The lowest BCUT2D eigenvalue weighted by atomic mass is 9.95. The third-order valence-corrected chi connectivity index (χ3v) is 5.24. The summed E-state index contributed by atoms with van der Waals surface area (Å²) in [6.07, 6.45) is 2.09. The van der Waals surface area contributed by atoms with Crippen LogP contribution in [0.1, 0.15) is 18.9 Å². The van der Waals surface area contributed by atoms with Crippen LogP contribution < -0.4 is 15.4 Å². The molecule has 4 aromatic rings. The molecule has 0 amide bonds. The van der Waals surface area contributed by atoms with Crippen molar-refractivity contribution in [3.63, 3.8) is 0 Å². The predicted octanol–water partition coefficient (Wildman–Crippen LogP) is 7.80. The lowest BCUT2D eigenvalue weighted by molar-refractivity contribution is 0.416. The molecular formula is C28H28N2O. The van der Waals surface area contributed by atoms with Gasteiger partial charge in [0.05, 0.1) is 7.11 Å². The first-order valence-electron chi connectivity index (χ1n) is 10.7. The van der Waals surface area contributed by atoms with Gasteiger partial charge in [-0.05, 0) is 66.1 Å². The average molecular weight is 409 g/mol. The second-order valence-electron chi connectivity index (χ2n) is 7.52. The molecule has 3 nitrogen and oxygen atoms in total. The van der Waals surface area contributed by atoms with Crippen molar-refractivity contribution < 1.29 is 4.74 Å². The molecule has 156 valence electrons. The minimum absolute atomic E-state index is 0.863. The molecule has 2 N–H and O–H groups in total. The Kier molecular flexibility index (Phi) is 6.53. The molecule has 0 saturated heterocycles. The van der Waals surface area contributed by atoms with E-state index in [1.807, 2.05) is 36.4 Å². The van der Waals surface area contributed by atoms with E-state index in [1.165, 1.54) is 11.1 Å². The van der Waals surface area contributed by atoms with Crippen LogP contribution in [0.25, 0.3) is 11.1 Å². The number of ether oxygens (including phenoxy) is 1. The molecule has 0 aliphatic carbocycles. The molecule has 0 atom stereocenters. The van der Waals surface area contributed by atoms with E-state index in [4.69, 9.17) is 4.74 Å². The smallest absolute Gasteiger partial charge is 0.128 e. The monoisotopic (exact) mass is 408 g/mol. The van der Waals surface area contributed by atoms with Gasteiger partial charge in [-0.1, -0.05) is 55.8 Å². The summed E-state index contributed by atoms with van der Waals surface area (Å²) in [5, 5.41) is 6.95. The van der Waals surface area contributed by atoms with Gasteiger partial charge in [-0.25, -0.2) is 0 Å². The highest BCUT2D eigenvalue weighted by molar-refractivity contribution is 5.79. The zero-order valence-corrected chi connectivity index (χ0v) is 18.1. The zero-order valence-electron chi connectivity index (χ0n) is 18.1. The Bertz CT molecular complexity index is 1120. The van der Waals surface area contributed by atoms with Gasteiger partial charge in [0.25, 0.3) is 0 Å². The molecule has 31 heavy (non-hydrogen) atoms. The molecule has 0 heterocycles. The number of nitrogens with one attached hydrogen (secondary N) is 2. The minimum atomic E-state index is 0.863. The van der Waals surface area contributed by atoms with Crippen molar-refractivity contribution in [1.82, 2.24) is 0 Å². The molecule has 0 aromatic heterocycles. The number of hydrogen-bond donors (Lipinski definition) is 2. The molecule has 0 unspecified atom stereocenters. The summed E-state index contributed by atoms with van der Waals surface area (Å²) in [6, 6.07) is 33.3. The quantitative estimate of drug-likeness (QED) is 0.312. The van der Waals surface area contributed by atoms with Gasteiger partial charge in [0, 0.05) is 34.4 Å². The topological polar surface area (TPSA) is 33.3 Å². The van der Waals surface area contributed by atoms with Crippen LogP contribution in [0.15, 0.2) is 97.1 Å². The van der Waals surface area contributed by atoms with Crippen LogP contribution in [0.2, 0.25) is 0 Å². The molecule has 0 radical (unpaired) electrons. The molecule has 0 aliphatic heterocycles. The SMILES string of the molecule is CCCc1cc(Nc2ccccc2)ccc1-c1ccc(Nc2ccccc2)cc1OC. The molecule has 0 aliphatic rings. The van der Waals surface area contributed by atoms with Gasteiger partial charge in [0.1, 0.15) is 5.75 Å². The van der Waals surface area contributed by atoms with Crippen LogP contribution in [0.4, 0.5) is 22.7 Å². The minimum Gasteiger partial charge on any atom is -0.496 e. The highest BCUT2D eigenvalue weighted by atomic mass is 16.5. The van der Waals surface area contributed by atoms with Gasteiger partial charge in [0.15, 0.2) is 0 Å². The number of para-hydroxylation sites is 2. The molecular weight excluding hydrogens is 380 g/mol. The number of hydrogen-bond acceptors (Lipinski definition) is 3. The fourth-order valence-electron chi connectivity index (χ4n) is 3.78. The molecule has 0 saturated carbocycles. The van der Waals surface area contributed by atoms with E-state index in [1.54, 1.807) is 7.11 Å². The van der Waals surface area contributed by atoms with Crippen LogP contribution in [0.3, 0.4) is 0 Å². The second-order valence-corrected chi connectivity index (χ2v) is 7.52. The third kappa shape index (κ3) is 5.07. The Balaban J connectivity index is 1.65. The lowest BCUT2D eigenvalue weighted by Gasteiger charge is -2.17.